The summed E-state index contributed by atoms with van der Waals surface area (Å²) in [5, 5.41) is 3.22. The molecule has 1 saturated heterocycles. The Kier molecular flexibility index (Phi) is 4.15. The molecule has 3 rings (SSSR count). The predicted octanol–water partition coefficient (Wildman–Crippen LogP) is 1.58. The lowest BCUT2D eigenvalue weighted by atomic mass is 10.0. The zero-order valence-electron chi connectivity index (χ0n) is 12.8. The Balaban J connectivity index is 1.74. The molecule has 1 aliphatic heterocycles. The smallest absolute Gasteiger partial charge is 0.222 e. The van der Waals surface area contributed by atoms with Crippen molar-refractivity contribution in [3.63, 3.8) is 0 Å². The number of hydrogen-bond donors (Lipinski definition) is 2. The fraction of sp³-hybridized carbons (Fsp3) is 0.467. The van der Waals surface area contributed by atoms with E-state index in [0.29, 0.717) is 24.9 Å². The molecule has 0 unspecified atom stereocenters. The molecule has 0 amide bonds. The molecule has 0 radical (unpaired) electrons. The van der Waals surface area contributed by atoms with Crippen molar-refractivity contribution in [3.8, 4) is 0 Å². The van der Waals surface area contributed by atoms with Crippen LogP contribution in [0.15, 0.2) is 12.1 Å². The molecule has 7 heteroatoms. The Labute approximate surface area is 129 Å². The number of rotatable bonds is 4. The number of hydrogen-bond acceptors (Lipinski definition) is 7. The second-order valence-electron chi connectivity index (χ2n) is 5.52. The van der Waals surface area contributed by atoms with Crippen LogP contribution in [-0.2, 0) is 11.3 Å². The lowest BCUT2D eigenvalue weighted by Crippen LogP contribution is -2.11. The largest absolute Gasteiger partial charge is 0.381 e. The van der Waals surface area contributed by atoms with Gasteiger partial charge >= 0.3 is 0 Å². The SMILES string of the molecule is Cc1cc(C)nc(CNc2cc([C@H]3CCOC3)nc(N)n2)n1. The van der Waals surface area contributed by atoms with Crippen LogP contribution in [0.5, 0.6) is 0 Å². The first-order valence-electron chi connectivity index (χ1n) is 7.37. The minimum atomic E-state index is 0.272. The van der Waals surface area contributed by atoms with E-state index in [1.165, 1.54) is 0 Å². The van der Waals surface area contributed by atoms with Crippen molar-refractivity contribution < 1.29 is 4.74 Å². The highest BCUT2D eigenvalue weighted by Gasteiger charge is 2.20. The molecular weight excluding hydrogens is 280 g/mol. The van der Waals surface area contributed by atoms with Crippen LogP contribution in [0.4, 0.5) is 11.8 Å². The van der Waals surface area contributed by atoms with Crippen LogP contribution in [-0.4, -0.2) is 33.1 Å². The molecule has 2 aromatic heterocycles. The Morgan fingerprint density at radius 1 is 1.18 bits per heavy atom. The van der Waals surface area contributed by atoms with Crippen molar-refractivity contribution in [2.75, 3.05) is 24.3 Å². The van der Waals surface area contributed by atoms with Crippen molar-refractivity contribution in [2.24, 2.45) is 0 Å². The summed E-state index contributed by atoms with van der Waals surface area (Å²) in [4.78, 5) is 17.3. The van der Waals surface area contributed by atoms with E-state index in [4.69, 9.17) is 10.5 Å². The van der Waals surface area contributed by atoms with Gasteiger partial charge in [0.1, 0.15) is 11.6 Å². The van der Waals surface area contributed by atoms with E-state index < -0.39 is 0 Å². The second-order valence-corrected chi connectivity index (χ2v) is 5.52. The van der Waals surface area contributed by atoms with E-state index in [9.17, 15) is 0 Å². The highest BCUT2D eigenvalue weighted by atomic mass is 16.5. The maximum atomic E-state index is 5.81. The third kappa shape index (κ3) is 3.48. The summed E-state index contributed by atoms with van der Waals surface area (Å²) in [7, 11) is 0. The van der Waals surface area contributed by atoms with Crippen molar-refractivity contribution in [3.05, 3.63) is 35.0 Å². The van der Waals surface area contributed by atoms with Crippen LogP contribution in [0.25, 0.3) is 0 Å². The molecule has 0 aliphatic carbocycles. The van der Waals surface area contributed by atoms with Gasteiger partial charge in [0.15, 0.2) is 0 Å². The molecular formula is C15H20N6O. The van der Waals surface area contributed by atoms with E-state index in [1.807, 2.05) is 26.0 Å². The Bertz CT molecular complexity index is 649. The van der Waals surface area contributed by atoms with Crippen molar-refractivity contribution >= 4 is 11.8 Å². The fourth-order valence-corrected chi connectivity index (χ4v) is 2.60. The third-order valence-electron chi connectivity index (χ3n) is 3.57. The van der Waals surface area contributed by atoms with Gasteiger partial charge in [0, 0.05) is 30.0 Å². The normalized spacial score (nSPS) is 17.6. The van der Waals surface area contributed by atoms with Gasteiger partial charge in [0.25, 0.3) is 0 Å². The molecule has 7 nitrogen and oxygen atoms in total. The van der Waals surface area contributed by atoms with Gasteiger partial charge in [0.2, 0.25) is 5.95 Å². The van der Waals surface area contributed by atoms with Crippen LogP contribution in [0.2, 0.25) is 0 Å². The van der Waals surface area contributed by atoms with Gasteiger partial charge in [-0.05, 0) is 26.3 Å². The molecule has 1 aliphatic rings. The highest BCUT2D eigenvalue weighted by Crippen LogP contribution is 2.25. The number of nitrogens with zero attached hydrogens (tertiary/aromatic N) is 4. The summed E-state index contributed by atoms with van der Waals surface area (Å²) >= 11 is 0. The van der Waals surface area contributed by atoms with Crippen molar-refractivity contribution in [2.45, 2.75) is 32.7 Å². The number of nitrogen functional groups attached to an aromatic ring is 1. The zero-order valence-corrected chi connectivity index (χ0v) is 12.8. The van der Waals surface area contributed by atoms with E-state index in [2.05, 4.69) is 25.3 Å². The predicted molar refractivity (Wildman–Crippen MR) is 83.5 cm³/mol. The lowest BCUT2D eigenvalue weighted by molar-refractivity contribution is 0.193. The Morgan fingerprint density at radius 3 is 2.64 bits per heavy atom. The first kappa shape index (κ1) is 14.6. The Morgan fingerprint density at radius 2 is 1.95 bits per heavy atom. The van der Waals surface area contributed by atoms with E-state index in [-0.39, 0.29) is 5.95 Å². The van der Waals surface area contributed by atoms with Gasteiger partial charge in [-0.2, -0.15) is 4.98 Å². The molecule has 3 N–H and O–H groups in total. The number of nitrogens with one attached hydrogen (secondary N) is 1. The Hall–Kier alpha value is -2.28. The van der Waals surface area contributed by atoms with Gasteiger partial charge in [0.05, 0.1) is 18.8 Å². The number of nitrogens with two attached hydrogens (primary N) is 1. The van der Waals surface area contributed by atoms with E-state index in [1.54, 1.807) is 0 Å². The van der Waals surface area contributed by atoms with E-state index in [0.717, 1.165) is 35.9 Å². The fourth-order valence-electron chi connectivity index (χ4n) is 2.60. The summed E-state index contributed by atoms with van der Waals surface area (Å²) in [6.07, 6.45) is 0.968. The van der Waals surface area contributed by atoms with Crippen LogP contribution in [0.3, 0.4) is 0 Å². The molecule has 1 fully saturated rings. The van der Waals surface area contributed by atoms with E-state index >= 15 is 0 Å². The summed E-state index contributed by atoms with van der Waals surface area (Å²) in [5.41, 5.74) is 8.64. The minimum Gasteiger partial charge on any atom is -0.381 e. The van der Waals surface area contributed by atoms with Gasteiger partial charge in [-0.25, -0.2) is 15.0 Å². The maximum absolute atomic E-state index is 5.81. The first-order valence-corrected chi connectivity index (χ1v) is 7.37. The summed E-state index contributed by atoms with van der Waals surface area (Å²) in [5.74, 6) is 1.99. The lowest BCUT2D eigenvalue weighted by Gasteiger charge is -2.11. The molecule has 3 heterocycles. The van der Waals surface area contributed by atoms with Gasteiger partial charge < -0.3 is 15.8 Å². The number of ether oxygens (including phenoxy) is 1. The number of anilines is 2. The summed E-state index contributed by atoms with van der Waals surface area (Å²) in [6, 6.07) is 3.88. The van der Waals surface area contributed by atoms with Crippen LogP contribution < -0.4 is 11.1 Å². The quantitative estimate of drug-likeness (QED) is 0.884. The average Bonchev–Trinajstić information content (AvgIpc) is 2.98. The molecule has 1 atom stereocenters. The van der Waals surface area contributed by atoms with Crippen molar-refractivity contribution in [1.29, 1.82) is 0 Å². The number of aryl methyl sites for hydroxylation is 2. The molecule has 2 aromatic rings. The monoisotopic (exact) mass is 300 g/mol. The zero-order chi connectivity index (χ0) is 15.5. The number of aromatic nitrogens is 4. The first-order chi connectivity index (χ1) is 10.6. The van der Waals surface area contributed by atoms with Crippen LogP contribution >= 0.6 is 0 Å². The average molecular weight is 300 g/mol. The standard InChI is InChI=1S/C15H20N6O/c1-9-5-10(2)19-14(18-9)7-17-13-6-12(20-15(16)21-13)11-3-4-22-8-11/h5-6,11H,3-4,7-8H2,1-2H3,(H3,16,17,20,21)/t11-/m0/s1. The van der Waals surface area contributed by atoms with Gasteiger partial charge in [-0.1, -0.05) is 0 Å². The third-order valence-corrected chi connectivity index (χ3v) is 3.57. The molecule has 0 bridgehead atoms. The van der Waals surface area contributed by atoms with Crippen LogP contribution in [0.1, 0.15) is 35.2 Å². The molecule has 0 saturated carbocycles. The molecule has 0 spiro atoms. The van der Waals surface area contributed by atoms with Gasteiger partial charge in [-0.3, -0.25) is 0 Å². The maximum Gasteiger partial charge on any atom is 0.222 e. The second kappa shape index (κ2) is 6.23. The highest BCUT2D eigenvalue weighted by molar-refractivity contribution is 5.41. The minimum absolute atomic E-state index is 0.272. The topological polar surface area (TPSA) is 98.8 Å². The summed E-state index contributed by atoms with van der Waals surface area (Å²) < 4.78 is 5.41. The van der Waals surface area contributed by atoms with Gasteiger partial charge in [-0.15, -0.1) is 0 Å². The van der Waals surface area contributed by atoms with Crippen LogP contribution in [0, 0.1) is 13.8 Å². The summed E-state index contributed by atoms with van der Waals surface area (Å²) in [6.45, 7) is 5.88. The van der Waals surface area contributed by atoms with Crippen molar-refractivity contribution in [1.82, 2.24) is 19.9 Å². The molecule has 0 aromatic carbocycles. The molecule has 116 valence electrons. The molecule has 22 heavy (non-hydrogen) atoms.